The summed E-state index contributed by atoms with van der Waals surface area (Å²) >= 11 is 1.43. The first-order valence-corrected chi connectivity index (χ1v) is 11.6. The van der Waals surface area contributed by atoms with E-state index in [2.05, 4.69) is 9.89 Å². The number of amides is 1. The van der Waals surface area contributed by atoms with Gasteiger partial charge in [-0.2, -0.15) is 0 Å². The molecule has 3 aliphatic heterocycles. The molecule has 1 saturated heterocycles. The maximum Gasteiger partial charge on any atom is 0.338 e. The van der Waals surface area contributed by atoms with E-state index in [1.807, 2.05) is 22.3 Å². The molecule has 1 atom stereocenters. The third-order valence-corrected chi connectivity index (χ3v) is 6.76. The van der Waals surface area contributed by atoms with E-state index in [0.29, 0.717) is 29.5 Å². The second-order valence-electron chi connectivity index (χ2n) is 8.03. The number of ether oxygens (including phenoxy) is 1. The molecule has 0 N–H and O–H groups in total. The van der Waals surface area contributed by atoms with Gasteiger partial charge in [0.1, 0.15) is 5.82 Å². The molecule has 0 bridgehead atoms. The number of esters is 1. The smallest absolute Gasteiger partial charge is 0.338 e. The number of carbonyl (C=O) groups excluding carboxylic acids is 2. The molecule has 170 valence electrons. The predicted octanol–water partition coefficient (Wildman–Crippen LogP) is 3.13. The third-order valence-electron chi connectivity index (χ3n) is 5.87. The topological polar surface area (TPSA) is 65.5 Å². The van der Waals surface area contributed by atoms with Crippen molar-refractivity contribution in [2.75, 3.05) is 39.8 Å². The van der Waals surface area contributed by atoms with E-state index in [9.17, 15) is 14.0 Å². The van der Waals surface area contributed by atoms with Crippen LogP contribution < -0.4 is 0 Å². The molecule has 1 fully saturated rings. The van der Waals surface area contributed by atoms with Crippen LogP contribution >= 0.6 is 11.8 Å². The van der Waals surface area contributed by atoms with Gasteiger partial charge in [-0.25, -0.2) is 14.2 Å². The summed E-state index contributed by atoms with van der Waals surface area (Å²) in [5.41, 5.74) is 2.49. The number of piperazine rings is 1. The molecular weight excluding hydrogens is 431 g/mol. The zero-order valence-corrected chi connectivity index (χ0v) is 19.3. The molecule has 1 aromatic carbocycles. The van der Waals surface area contributed by atoms with Gasteiger partial charge in [-0.15, -0.1) is 0 Å². The van der Waals surface area contributed by atoms with E-state index in [4.69, 9.17) is 4.74 Å². The molecule has 0 radical (unpaired) electrons. The van der Waals surface area contributed by atoms with E-state index >= 15 is 0 Å². The fraction of sp³-hybridized carbons (Fsp3) is 0.435. The second kappa shape index (κ2) is 9.46. The molecule has 3 heterocycles. The summed E-state index contributed by atoms with van der Waals surface area (Å²) in [5.74, 6) is -0.759. The lowest BCUT2D eigenvalue weighted by atomic mass is 9.94. The molecule has 1 aromatic rings. The van der Waals surface area contributed by atoms with E-state index in [0.717, 1.165) is 24.4 Å². The largest absolute Gasteiger partial charge is 0.463 e. The molecule has 0 aliphatic carbocycles. The summed E-state index contributed by atoms with van der Waals surface area (Å²) in [6.45, 7) is 6.87. The first-order chi connectivity index (χ1) is 15.4. The number of hydrogen-bond acceptors (Lipinski definition) is 7. The molecule has 4 rings (SSSR count). The van der Waals surface area contributed by atoms with Crippen LogP contribution in [0.4, 0.5) is 4.39 Å². The van der Waals surface area contributed by atoms with Gasteiger partial charge in [0.25, 0.3) is 0 Å². The number of rotatable bonds is 5. The van der Waals surface area contributed by atoms with Crippen LogP contribution in [0.2, 0.25) is 0 Å². The van der Waals surface area contributed by atoms with Crippen molar-refractivity contribution >= 4 is 28.8 Å². The fourth-order valence-corrected chi connectivity index (χ4v) is 5.09. The number of nitrogens with zero attached hydrogens (tertiary/aromatic N) is 4. The predicted molar refractivity (Wildman–Crippen MR) is 122 cm³/mol. The molecule has 1 unspecified atom stereocenters. The van der Waals surface area contributed by atoms with Crippen molar-refractivity contribution in [3.63, 3.8) is 0 Å². The van der Waals surface area contributed by atoms with E-state index in [1.165, 1.54) is 23.9 Å². The molecule has 9 heteroatoms. The Labute approximate surface area is 191 Å². The van der Waals surface area contributed by atoms with Crippen LogP contribution in [-0.4, -0.2) is 71.6 Å². The number of thioether (sulfide) groups is 1. The highest BCUT2D eigenvalue weighted by atomic mass is 32.2. The third kappa shape index (κ3) is 4.45. The van der Waals surface area contributed by atoms with Crippen LogP contribution in [-0.2, 0) is 14.3 Å². The SMILES string of the molecule is CCOC(=O)C1=C(C)N=C2SC=C(CC(=O)N3CCN(C)CC3)N2C1c1ccc(F)cc1. The lowest BCUT2D eigenvalue weighted by molar-refractivity contribution is -0.139. The van der Waals surface area contributed by atoms with Crippen molar-refractivity contribution in [3.8, 4) is 0 Å². The standard InChI is InChI=1S/C23H27FN4O3S/c1-4-31-22(30)20-15(2)25-23-28(21(20)16-5-7-17(24)8-6-16)18(14-32-23)13-19(29)27-11-9-26(3)10-12-27/h5-8,14,21H,4,9-13H2,1-3H3. The van der Waals surface area contributed by atoms with Crippen LogP contribution in [0.1, 0.15) is 31.9 Å². The number of halogens is 1. The zero-order chi connectivity index (χ0) is 22.8. The molecule has 32 heavy (non-hydrogen) atoms. The van der Waals surface area contributed by atoms with Gasteiger partial charge in [0.15, 0.2) is 5.17 Å². The summed E-state index contributed by atoms with van der Waals surface area (Å²) in [6.07, 6.45) is 0.211. The quantitative estimate of drug-likeness (QED) is 0.632. The summed E-state index contributed by atoms with van der Waals surface area (Å²) in [5, 5.41) is 2.62. The minimum absolute atomic E-state index is 0.0491. The maximum absolute atomic E-state index is 13.6. The van der Waals surface area contributed by atoms with E-state index in [1.54, 1.807) is 26.0 Å². The van der Waals surface area contributed by atoms with Crippen molar-refractivity contribution in [2.24, 2.45) is 4.99 Å². The zero-order valence-electron chi connectivity index (χ0n) is 18.5. The average Bonchev–Trinajstić information content (AvgIpc) is 3.16. The lowest BCUT2D eigenvalue weighted by Crippen LogP contribution is -2.47. The highest BCUT2D eigenvalue weighted by molar-refractivity contribution is 8.16. The van der Waals surface area contributed by atoms with Crippen molar-refractivity contribution in [3.05, 3.63) is 58.0 Å². The molecule has 1 amide bonds. The number of amidine groups is 1. The minimum atomic E-state index is -0.538. The molecule has 0 spiro atoms. The number of allylic oxidation sites excluding steroid dienone is 1. The number of fused-ring (bicyclic) bond motifs is 1. The lowest BCUT2D eigenvalue weighted by Gasteiger charge is -2.37. The average molecular weight is 459 g/mol. The molecule has 0 aromatic heterocycles. The fourth-order valence-electron chi connectivity index (χ4n) is 4.12. The highest BCUT2D eigenvalue weighted by Gasteiger charge is 2.41. The number of aliphatic imine (C=N–C) groups is 1. The Kier molecular flexibility index (Phi) is 6.66. The molecule has 7 nitrogen and oxygen atoms in total. The van der Waals surface area contributed by atoms with Crippen LogP contribution in [0, 0.1) is 5.82 Å². The Bertz CT molecular complexity index is 997. The Morgan fingerprint density at radius 2 is 1.88 bits per heavy atom. The van der Waals surface area contributed by atoms with Crippen LogP contribution in [0.3, 0.4) is 0 Å². The minimum Gasteiger partial charge on any atom is -0.463 e. The Morgan fingerprint density at radius 3 is 2.53 bits per heavy atom. The van der Waals surface area contributed by atoms with Crippen molar-refractivity contribution in [1.82, 2.24) is 14.7 Å². The maximum atomic E-state index is 13.6. The van der Waals surface area contributed by atoms with Gasteiger partial charge in [-0.05, 0) is 44.0 Å². The summed E-state index contributed by atoms with van der Waals surface area (Å²) in [7, 11) is 2.05. The van der Waals surface area contributed by atoms with Gasteiger partial charge in [-0.3, -0.25) is 4.79 Å². The number of likely N-dealkylation sites (N-methyl/N-ethyl adjacent to an activating group) is 1. The van der Waals surface area contributed by atoms with Crippen LogP contribution in [0.15, 0.2) is 51.6 Å². The number of benzene rings is 1. The van der Waals surface area contributed by atoms with Gasteiger partial charge in [0.2, 0.25) is 5.91 Å². The highest BCUT2D eigenvalue weighted by Crippen LogP contribution is 2.45. The Hall–Kier alpha value is -2.65. The van der Waals surface area contributed by atoms with Crippen molar-refractivity contribution in [2.45, 2.75) is 26.3 Å². The Balaban J connectivity index is 1.65. The second-order valence-corrected chi connectivity index (χ2v) is 8.86. The van der Waals surface area contributed by atoms with Gasteiger partial charge < -0.3 is 19.4 Å². The summed E-state index contributed by atoms with van der Waals surface area (Å²) in [6, 6.07) is 5.54. The van der Waals surface area contributed by atoms with Gasteiger partial charge >= 0.3 is 5.97 Å². The summed E-state index contributed by atoms with van der Waals surface area (Å²) < 4.78 is 19.0. The van der Waals surface area contributed by atoms with E-state index < -0.39 is 12.0 Å². The van der Waals surface area contributed by atoms with Crippen LogP contribution in [0.5, 0.6) is 0 Å². The van der Waals surface area contributed by atoms with Crippen molar-refractivity contribution in [1.29, 1.82) is 0 Å². The number of hydrogen-bond donors (Lipinski definition) is 0. The van der Waals surface area contributed by atoms with Crippen LogP contribution in [0.25, 0.3) is 0 Å². The van der Waals surface area contributed by atoms with E-state index in [-0.39, 0.29) is 24.8 Å². The normalized spacial score (nSPS) is 21.3. The first kappa shape index (κ1) is 22.5. The van der Waals surface area contributed by atoms with Crippen molar-refractivity contribution < 1.29 is 18.7 Å². The molecule has 0 saturated carbocycles. The summed E-state index contributed by atoms with van der Waals surface area (Å²) in [4.78, 5) is 36.6. The van der Waals surface area contributed by atoms with Gasteiger partial charge in [0, 0.05) is 31.9 Å². The van der Waals surface area contributed by atoms with Gasteiger partial charge in [0.05, 0.1) is 30.3 Å². The first-order valence-electron chi connectivity index (χ1n) is 10.7. The molecule has 3 aliphatic rings. The molecular formula is C23H27FN4O3S. The van der Waals surface area contributed by atoms with Gasteiger partial charge in [-0.1, -0.05) is 23.9 Å². The Morgan fingerprint density at radius 1 is 1.19 bits per heavy atom. The number of carbonyl (C=O) groups is 2. The monoisotopic (exact) mass is 458 g/mol.